The molecule has 0 bridgehead atoms. The van der Waals surface area contributed by atoms with Gasteiger partial charge in [-0.05, 0) is 76.2 Å². The molecule has 3 rings (SSSR count). The number of hydrogen-bond acceptors (Lipinski definition) is 6. The molecule has 0 aliphatic carbocycles. The Labute approximate surface area is 214 Å². The van der Waals surface area contributed by atoms with Crippen molar-refractivity contribution in [3.05, 3.63) is 96.1 Å². The monoisotopic (exact) mass is 589 g/mol. The largest absolute Gasteiger partial charge is 0.493 e. The van der Waals surface area contributed by atoms with Gasteiger partial charge < -0.3 is 14.8 Å². The van der Waals surface area contributed by atoms with Gasteiger partial charge in [0.15, 0.2) is 11.5 Å². The second kappa shape index (κ2) is 11.5. The first-order valence-electron chi connectivity index (χ1n) is 9.73. The van der Waals surface area contributed by atoms with Gasteiger partial charge in [-0.25, -0.2) is 0 Å². The second-order valence-electron chi connectivity index (χ2n) is 6.85. The normalized spacial score (nSPS) is 10.8. The van der Waals surface area contributed by atoms with Crippen molar-refractivity contribution >= 4 is 57.5 Å². The lowest BCUT2D eigenvalue weighted by atomic mass is 10.1. The van der Waals surface area contributed by atoms with E-state index >= 15 is 0 Å². The molecule has 0 aliphatic rings. The molecule has 0 saturated heterocycles. The number of nitriles is 1. The SMILES string of the molecule is COc1cc(/C=C(/C#N)C(=O)Nc2ccccc2Cl)cc(I)c1OCc1ccc([N+](=O)[O-])cc1. The molecular formula is C24H17ClIN3O5. The molecule has 10 heteroatoms. The maximum atomic E-state index is 12.6. The fourth-order valence-corrected chi connectivity index (χ4v) is 3.86. The van der Waals surface area contributed by atoms with Crippen molar-refractivity contribution in [3.63, 3.8) is 0 Å². The van der Waals surface area contributed by atoms with Crippen LogP contribution in [-0.4, -0.2) is 17.9 Å². The fraction of sp³-hybridized carbons (Fsp3) is 0.0833. The van der Waals surface area contributed by atoms with Crippen molar-refractivity contribution in [1.82, 2.24) is 0 Å². The highest BCUT2D eigenvalue weighted by Gasteiger charge is 2.15. The smallest absolute Gasteiger partial charge is 0.269 e. The molecule has 0 fully saturated rings. The third-order valence-electron chi connectivity index (χ3n) is 4.58. The number of carbonyl (C=O) groups is 1. The van der Waals surface area contributed by atoms with E-state index in [-0.39, 0.29) is 17.9 Å². The highest BCUT2D eigenvalue weighted by atomic mass is 127. The van der Waals surface area contributed by atoms with Crippen molar-refractivity contribution < 1.29 is 19.2 Å². The van der Waals surface area contributed by atoms with E-state index in [1.54, 1.807) is 48.5 Å². The maximum Gasteiger partial charge on any atom is 0.269 e. The van der Waals surface area contributed by atoms with Crippen LogP contribution in [0, 0.1) is 25.0 Å². The lowest BCUT2D eigenvalue weighted by molar-refractivity contribution is -0.384. The fourth-order valence-electron chi connectivity index (χ4n) is 2.90. The maximum absolute atomic E-state index is 12.6. The number of non-ortho nitro benzene ring substituents is 1. The average Bonchev–Trinajstić information content (AvgIpc) is 2.83. The molecule has 0 spiro atoms. The van der Waals surface area contributed by atoms with Gasteiger partial charge in [-0.3, -0.25) is 14.9 Å². The van der Waals surface area contributed by atoms with Crippen molar-refractivity contribution in [1.29, 1.82) is 5.26 Å². The van der Waals surface area contributed by atoms with Crippen molar-refractivity contribution in [2.45, 2.75) is 6.61 Å². The van der Waals surface area contributed by atoms with Gasteiger partial charge in [0.05, 0.1) is 26.3 Å². The molecule has 3 aromatic carbocycles. The predicted octanol–water partition coefficient (Wildman–Crippen LogP) is 5.99. The number of nitrogens with one attached hydrogen (secondary N) is 1. The number of hydrogen-bond donors (Lipinski definition) is 1. The second-order valence-corrected chi connectivity index (χ2v) is 8.42. The van der Waals surface area contributed by atoms with Crippen molar-refractivity contribution in [3.8, 4) is 17.6 Å². The summed E-state index contributed by atoms with van der Waals surface area (Å²) in [5, 5.41) is 23.3. The number of nitro groups is 1. The summed E-state index contributed by atoms with van der Waals surface area (Å²) in [6, 6.07) is 18.1. The van der Waals surface area contributed by atoms with E-state index in [4.69, 9.17) is 21.1 Å². The molecule has 0 radical (unpaired) electrons. The number of anilines is 1. The Hall–Kier alpha value is -3.62. The summed E-state index contributed by atoms with van der Waals surface area (Å²) in [7, 11) is 1.48. The molecule has 34 heavy (non-hydrogen) atoms. The minimum atomic E-state index is -0.594. The van der Waals surface area contributed by atoms with Crippen LogP contribution in [0.15, 0.2) is 66.2 Å². The molecule has 3 aromatic rings. The van der Waals surface area contributed by atoms with Gasteiger partial charge in [-0.15, -0.1) is 0 Å². The number of nitrogens with zero attached hydrogens (tertiary/aromatic N) is 2. The summed E-state index contributed by atoms with van der Waals surface area (Å²) in [4.78, 5) is 22.9. The number of nitro benzene ring substituents is 1. The Bertz CT molecular complexity index is 1300. The van der Waals surface area contributed by atoms with E-state index in [1.165, 1.54) is 25.3 Å². The van der Waals surface area contributed by atoms with Crippen LogP contribution in [-0.2, 0) is 11.4 Å². The number of amides is 1. The number of ether oxygens (including phenoxy) is 2. The summed E-state index contributed by atoms with van der Waals surface area (Å²) in [6.45, 7) is 0.170. The lowest BCUT2D eigenvalue weighted by Crippen LogP contribution is -2.13. The summed E-state index contributed by atoms with van der Waals surface area (Å²) in [5.74, 6) is 0.282. The van der Waals surface area contributed by atoms with Gasteiger partial charge in [-0.1, -0.05) is 23.7 Å². The Kier molecular flexibility index (Phi) is 8.45. The van der Waals surface area contributed by atoms with E-state index in [0.29, 0.717) is 31.3 Å². The van der Waals surface area contributed by atoms with Gasteiger partial charge in [-0.2, -0.15) is 5.26 Å². The van der Waals surface area contributed by atoms with Crippen LogP contribution in [0.25, 0.3) is 6.08 Å². The van der Waals surface area contributed by atoms with Crippen LogP contribution in [0.5, 0.6) is 11.5 Å². The number of carbonyl (C=O) groups excluding carboxylic acids is 1. The summed E-state index contributed by atoms with van der Waals surface area (Å²) >= 11 is 8.14. The van der Waals surface area contributed by atoms with Crippen LogP contribution >= 0.6 is 34.2 Å². The lowest BCUT2D eigenvalue weighted by Gasteiger charge is -2.14. The molecule has 8 nitrogen and oxygen atoms in total. The molecular weight excluding hydrogens is 573 g/mol. The first kappa shape index (κ1) is 25.0. The van der Waals surface area contributed by atoms with Gasteiger partial charge in [0.1, 0.15) is 18.2 Å². The molecule has 0 unspecified atom stereocenters. The van der Waals surface area contributed by atoms with Gasteiger partial charge >= 0.3 is 0 Å². The van der Waals surface area contributed by atoms with Crippen LogP contribution in [0.1, 0.15) is 11.1 Å². The summed E-state index contributed by atoms with van der Waals surface area (Å²) < 4.78 is 12.0. The van der Waals surface area contributed by atoms with E-state index in [1.807, 2.05) is 6.07 Å². The number of halogens is 2. The summed E-state index contributed by atoms with van der Waals surface area (Å²) in [5.41, 5.74) is 1.60. The van der Waals surface area contributed by atoms with Gasteiger partial charge in [0.2, 0.25) is 0 Å². The standard InChI is InChI=1S/C24H17ClIN3O5/c1-33-22-12-16(10-17(13-27)24(30)28-21-5-3-2-4-19(21)25)11-20(26)23(22)34-14-15-6-8-18(9-7-15)29(31)32/h2-12H,14H2,1H3,(H,28,30)/b17-10-. The number of rotatable bonds is 8. The Morgan fingerprint density at radius 3 is 2.56 bits per heavy atom. The quantitative estimate of drug-likeness (QED) is 0.114. The minimum absolute atomic E-state index is 0.000999. The zero-order chi connectivity index (χ0) is 24.7. The number of para-hydroxylation sites is 1. The highest BCUT2D eigenvalue weighted by Crippen LogP contribution is 2.35. The molecule has 0 aliphatic heterocycles. The van der Waals surface area contributed by atoms with E-state index in [0.717, 1.165) is 5.56 Å². The first-order valence-corrected chi connectivity index (χ1v) is 11.2. The average molecular weight is 590 g/mol. The third kappa shape index (κ3) is 6.24. The molecule has 1 N–H and O–H groups in total. The van der Waals surface area contributed by atoms with Crippen LogP contribution in [0.4, 0.5) is 11.4 Å². The molecule has 172 valence electrons. The first-order chi connectivity index (χ1) is 16.3. The Morgan fingerprint density at radius 1 is 1.24 bits per heavy atom. The van der Waals surface area contributed by atoms with Crippen molar-refractivity contribution in [2.75, 3.05) is 12.4 Å². The van der Waals surface area contributed by atoms with Crippen LogP contribution in [0.2, 0.25) is 5.02 Å². The van der Waals surface area contributed by atoms with E-state index in [9.17, 15) is 20.2 Å². The molecule has 0 aromatic heterocycles. The van der Waals surface area contributed by atoms with E-state index in [2.05, 4.69) is 27.9 Å². The zero-order valence-corrected chi connectivity index (χ0v) is 20.7. The molecule has 0 saturated carbocycles. The zero-order valence-electron chi connectivity index (χ0n) is 17.7. The van der Waals surface area contributed by atoms with Crippen LogP contribution < -0.4 is 14.8 Å². The topological polar surface area (TPSA) is 114 Å². The number of benzene rings is 3. The number of methoxy groups -OCH3 is 1. The van der Waals surface area contributed by atoms with Crippen molar-refractivity contribution in [2.24, 2.45) is 0 Å². The highest BCUT2D eigenvalue weighted by molar-refractivity contribution is 14.1. The predicted molar refractivity (Wildman–Crippen MR) is 137 cm³/mol. The van der Waals surface area contributed by atoms with Gasteiger partial charge in [0.25, 0.3) is 11.6 Å². The molecule has 1 amide bonds. The molecule has 0 atom stereocenters. The van der Waals surface area contributed by atoms with Gasteiger partial charge in [0, 0.05) is 12.1 Å². The molecule has 0 heterocycles. The minimum Gasteiger partial charge on any atom is -0.493 e. The summed E-state index contributed by atoms with van der Waals surface area (Å²) in [6.07, 6.45) is 1.44. The van der Waals surface area contributed by atoms with Crippen LogP contribution in [0.3, 0.4) is 0 Å². The van der Waals surface area contributed by atoms with E-state index < -0.39 is 10.8 Å². The third-order valence-corrected chi connectivity index (χ3v) is 5.71. The Morgan fingerprint density at radius 2 is 1.94 bits per heavy atom. The Balaban J connectivity index is 1.80.